The molecule has 0 saturated carbocycles. The van der Waals surface area contributed by atoms with E-state index in [0.717, 1.165) is 18.3 Å². The van der Waals surface area contributed by atoms with Crippen LogP contribution >= 0.6 is 0 Å². The SMILES string of the molecule is CC.CCC.CCC.CCC.C[C-](C)OCCOC(=O)C(C)(C)OCC(COC(C)(C)C(=O)OCCO[C-](C)C)OC(C)(C)C(=O)OCCO[C-](C)C.[Y].[Y].[Y]. The second-order valence-electron chi connectivity index (χ2n) is 13.7. The maximum atomic E-state index is 12.8. The normalized spacial score (nSPS) is 10.7. The molecule has 0 aromatic rings. The summed E-state index contributed by atoms with van der Waals surface area (Å²) in [7, 11) is 0. The fourth-order valence-corrected chi connectivity index (χ4v) is 2.96. The van der Waals surface area contributed by atoms with E-state index in [2.05, 4.69) is 41.5 Å². The van der Waals surface area contributed by atoms with Crippen molar-refractivity contribution in [1.82, 2.24) is 0 Å². The van der Waals surface area contributed by atoms with Gasteiger partial charge in [0.25, 0.3) is 0 Å². The third-order valence-corrected chi connectivity index (χ3v) is 5.32. The van der Waals surface area contributed by atoms with Crippen LogP contribution in [-0.2, 0) is 155 Å². The molecule has 0 saturated heterocycles. The molecular formula is C41H83O12Y3-3. The Hall–Kier alpha value is 1.48. The topological polar surface area (TPSA) is 134 Å². The van der Waals surface area contributed by atoms with Gasteiger partial charge in [0.1, 0.15) is 25.9 Å². The van der Waals surface area contributed by atoms with E-state index in [-0.39, 0.29) is 151 Å². The Bertz CT molecular complexity index is 807. The average molecular weight is 1030 g/mol. The van der Waals surface area contributed by atoms with Gasteiger partial charge in [0.15, 0.2) is 16.8 Å². The first-order chi connectivity index (χ1) is 24.5. The zero-order valence-corrected chi connectivity index (χ0v) is 48.0. The summed E-state index contributed by atoms with van der Waals surface area (Å²) in [6, 6.07) is 0. The van der Waals surface area contributed by atoms with Crippen LogP contribution in [0.4, 0.5) is 0 Å². The van der Waals surface area contributed by atoms with Gasteiger partial charge in [-0.05, 0) is 41.5 Å². The van der Waals surface area contributed by atoms with Crippen LogP contribution in [0.5, 0.6) is 0 Å². The van der Waals surface area contributed by atoms with Crippen LogP contribution in [0, 0.1) is 18.3 Å². The van der Waals surface area contributed by atoms with Crippen LogP contribution in [0.3, 0.4) is 0 Å². The van der Waals surface area contributed by atoms with Gasteiger partial charge in [-0.25, -0.2) is 32.7 Å². The summed E-state index contributed by atoms with van der Waals surface area (Å²) >= 11 is 0. The van der Waals surface area contributed by atoms with E-state index in [1.54, 1.807) is 83.1 Å². The van der Waals surface area contributed by atoms with E-state index in [9.17, 15) is 14.4 Å². The number of rotatable bonds is 23. The monoisotopic (exact) mass is 1030 g/mol. The molecule has 3 radical (unpaired) electrons. The van der Waals surface area contributed by atoms with Crippen LogP contribution < -0.4 is 0 Å². The van der Waals surface area contributed by atoms with Crippen LogP contribution in [0.2, 0.25) is 0 Å². The maximum Gasteiger partial charge on any atom is 0.337 e. The van der Waals surface area contributed by atoms with Crippen molar-refractivity contribution in [2.75, 3.05) is 52.9 Å². The van der Waals surface area contributed by atoms with Crippen molar-refractivity contribution in [3.63, 3.8) is 0 Å². The summed E-state index contributed by atoms with van der Waals surface area (Å²) in [5.41, 5.74) is -4.13. The van der Waals surface area contributed by atoms with Gasteiger partial charge in [0, 0.05) is 118 Å². The third-order valence-electron chi connectivity index (χ3n) is 5.32. The second kappa shape index (κ2) is 47.5. The first-order valence-corrected chi connectivity index (χ1v) is 19.3. The molecule has 0 unspecified atom stereocenters. The molecule has 0 atom stereocenters. The molecule has 0 amide bonds. The average Bonchev–Trinajstić information content (AvgIpc) is 3.06. The molecule has 0 N–H and O–H groups in total. The molecule has 0 bridgehead atoms. The number of hydrogen-bond acceptors (Lipinski definition) is 12. The van der Waals surface area contributed by atoms with Gasteiger partial charge in [-0.3, -0.25) is 0 Å². The zero-order valence-electron chi connectivity index (χ0n) is 39.5. The molecule has 12 nitrogen and oxygen atoms in total. The molecule has 0 aliphatic carbocycles. The van der Waals surface area contributed by atoms with Crippen molar-refractivity contribution < 1.29 is 155 Å². The summed E-state index contributed by atoms with van der Waals surface area (Å²) < 4.78 is 49.6. The second-order valence-corrected chi connectivity index (χ2v) is 13.7. The summed E-state index contributed by atoms with van der Waals surface area (Å²) in [6.45, 7) is 37.3. The summed E-state index contributed by atoms with van der Waals surface area (Å²) in [5, 5.41) is 0. The first kappa shape index (κ1) is 74.9. The molecule has 331 valence electrons. The van der Waals surface area contributed by atoms with E-state index < -0.39 is 40.8 Å². The minimum absolute atomic E-state index is 0. The van der Waals surface area contributed by atoms with Gasteiger partial charge in [-0.15, -0.1) is 0 Å². The molecule has 56 heavy (non-hydrogen) atoms. The van der Waals surface area contributed by atoms with Crippen molar-refractivity contribution in [2.24, 2.45) is 0 Å². The van der Waals surface area contributed by atoms with Crippen molar-refractivity contribution in [3.05, 3.63) is 18.3 Å². The minimum Gasteiger partial charge on any atom is -0.547 e. The molecule has 0 rings (SSSR count). The van der Waals surface area contributed by atoms with E-state index in [1.807, 2.05) is 13.8 Å². The third kappa shape index (κ3) is 49.8. The number of ether oxygens (including phenoxy) is 9. The van der Waals surface area contributed by atoms with E-state index in [1.165, 1.54) is 19.3 Å². The van der Waals surface area contributed by atoms with Crippen molar-refractivity contribution in [3.8, 4) is 0 Å². The van der Waals surface area contributed by atoms with Crippen LogP contribution in [0.1, 0.15) is 158 Å². The Kier molecular flexibility index (Phi) is 63.6. The molecule has 0 aromatic heterocycles. The van der Waals surface area contributed by atoms with Gasteiger partial charge < -0.3 is 42.6 Å². The van der Waals surface area contributed by atoms with Crippen LogP contribution in [0.15, 0.2) is 0 Å². The molecule has 15 heteroatoms. The Balaban J connectivity index is -0.000000245. The number of esters is 3. The summed E-state index contributed by atoms with van der Waals surface area (Å²) in [4.78, 5) is 38.1. The van der Waals surface area contributed by atoms with Crippen molar-refractivity contribution >= 4 is 17.9 Å². The zero-order chi connectivity index (χ0) is 42.7. The Morgan fingerprint density at radius 2 is 0.661 bits per heavy atom. The van der Waals surface area contributed by atoms with Gasteiger partial charge in [0.05, 0.1) is 13.2 Å². The van der Waals surface area contributed by atoms with Crippen molar-refractivity contribution in [1.29, 1.82) is 0 Å². The Morgan fingerprint density at radius 1 is 0.446 bits per heavy atom. The smallest absolute Gasteiger partial charge is 0.337 e. The molecule has 0 aliphatic heterocycles. The number of carbonyl (C=O) groups is 3. The quantitative estimate of drug-likeness (QED) is 0.0418. The summed E-state index contributed by atoms with van der Waals surface area (Å²) in [6.07, 6.45) is 5.11. The number of carbonyl (C=O) groups excluding carboxylic acids is 3. The van der Waals surface area contributed by atoms with E-state index in [4.69, 9.17) is 42.6 Å². The Labute approximate surface area is 420 Å². The minimum atomic E-state index is -1.42. The fraction of sp³-hybridized carbons (Fsp3) is 0.854. The molecule has 0 heterocycles. The van der Waals surface area contributed by atoms with Gasteiger partial charge in [0.2, 0.25) is 0 Å². The first-order valence-electron chi connectivity index (χ1n) is 19.3. The predicted molar refractivity (Wildman–Crippen MR) is 213 cm³/mol. The van der Waals surface area contributed by atoms with E-state index in [0.29, 0.717) is 0 Å². The molecule has 0 spiro atoms. The maximum absolute atomic E-state index is 12.8. The largest absolute Gasteiger partial charge is 0.547 e. The number of hydrogen-bond donors (Lipinski definition) is 0. The predicted octanol–water partition coefficient (Wildman–Crippen LogP) is 9.40. The molecule has 0 aliphatic rings. The Morgan fingerprint density at radius 3 is 0.875 bits per heavy atom. The van der Waals surface area contributed by atoms with Gasteiger partial charge in [-0.2, -0.15) is 41.5 Å². The van der Waals surface area contributed by atoms with Crippen molar-refractivity contribution in [2.45, 2.75) is 181 Å². The van der Waals surface area contributed by atoms with Gasteiger partial charge in [-0.1, -0.05) is 74.7 Å². The van der Waals surface area contributed by atoms with Crippen LogP contribution in [0.25, 0.3) is 0 Å². The fourth-order valence-electron chi connectivity index (χ4n) is 2.96. The molecular weight excluding hydrogens is 951 g/mol. The molecule has 0 fully saturated rings. The standard InChI is InChI=1S/C30H53O12.3C3H8.C2H6.3Y/c1-21(2)34-13-16-37-25(31)28(7,8)40-19-24(42-30(11,12)27(33)39-18-15-36-23(5)6)20-41-29(9,10)26(32)38-17-14-35-22(3)4;3*1-3-2;1-2;;;/h24H,13-20H2,1-12H3;3*3H2,1-2H3;1-2H3;;;/q-3;;;;;;;. The summed E-state index contributed by atoms with van der Waals surface area (Å²) in [5.74, 6) is -1.84. The van der Waals surface area contributed by atoms with Crippen LogP contribution in [-0.4, -0.2) is 93.7 Å². The van der Waals surface area contributed by atoms with Gasteiger partial charge >= 0.3 is 17.9 Å². The molecule has 0 aromatic carbocycles. The van der Waals surface area contributed by atoms with E-state index >= 15 is 0 Å².